The summed E-state index contributed by atoms with van der Waals surface area (Å²) in [6.45, 7) is 9.68. The molecule has 14 heavy (non-hydrogen) atoms. The number of unbranched alkanes of at least 4 members (excludes halogenated alkanes) is 1. The Morgan fingerprint density at radius 1 is 1.29 bits per heavy atom. The van der Waals surface area contributed by atoms with Crippen molar-refractivity contribution in [1.29, 1.82) is 0 Å². The maximum Gasteiger partial charge on any atom is 0.00766 e. The fourth-order valence-electron chi connectivity index (χ4n) is 2.11. The van der Waals surface area contributed by atoms with E-state index in [1.807, 2.05) is 0 Å². The van der Waals surface area contributed by atoms with Gasteiger partial charge in [-0.15, -0.1) is 0 Å². The molecular formula is C12H26N2. The van der Waals surface area contributed by atoms with Crippen molar-refractivity contribution >= 4 is 0 Å². The predicted octanol–water partition coefficient (Wildman–Crippen LogP) is 2.25. The van der Waals surface area contributed by atoms with E-state index in [4.69, 9.17) is 0 Å². The van der Waals surface area contributed by atoms with Crippen molar-refractivity contribution in [2.24, 2.45) is 0 Å². The highest BCUT2D eigenvalue weighted by Gasteiger charge is 2.12. The summed E-state index contributed by atoms with van der Waals surface area (Å²) < 4.78 is 0. The minimum Gasteiger partial charge on any atom is -0.314 e. The minimum absolute atomic E-state index is 0.763. The first-order valence-corrected chi connectivity index (χ1v) is 6.32. The van der Waals surface area contributed by atoms with Gasteiger partial charge in [0.2, 0.25) is 0 Å². The third-order valence-electron chi connectivity index (χ3n) is 3.20. The van der Waals surface area contributed by atoms with Crippen LogP contribution in [0.15, 0.2) is 0 Å². The first kappa shape index (κ1) is 12.0. The Morgan fingerprint density at radius 3 is 2.86 bits per heavy atom. The van der Waals surface area contributed by atoms with Crippen molar-refractivity contribution < 1.29 is 0 Å². The second kappa shape index (κ2) is 7.24. The van der Waals surface area contributed by atoms with Gasteiger partial charge in [-0.1, -0.05) is 20.3 Å². The maximum atomic E-state index is 3.62. The van der Waals surface area contributed by atoms with Crippen LogP contribution in [-0.2, 0) is 0 Å². The average molecular weight is 198 g/mol. The molecule has 2 heteroatoms. The third-order valence-corrected chi connectivity index (χ3v) is 3.20. The summed E-state index contributed by atoms with van der Waals surface area (Å²) in [7, 11) is 0. The number of nitrogens with zero attached hydrogens (tertiary/aromatic N) is 1. The van der Waals surface area contributed by atoms with Gasteiger partial charge in [0.15, 0.2) is 0 Å². The van der Waals surface area contributed by atoms with Crippen molar-refractivity contribution in [3.05, 3.63) is 0 Å². The maximum absolute atomic E-state index is 3.62. The van der Waals surface area contributed by atoms with Crippen LogP contribution in [0.2, 0.25) is 0 Å². The van der Waals surface area contributed by atoms with Crippen LogP contribution >= 0.6 is 0 Å². The van der Waals surface area contributed by atoms with E-state index in [0.29, 0.717) is 0 Å². The van der Waals surface area contributed by atoms with Crippen LogP contribution < -0.4 is 5.32 Å². The first-order valence-electron chi connectivity index (χ1n) is 6.32. The second-order valence-electron chi connectivity index (χ2n) is 4.40. The van der Waals surface area contributed by atoms with E-state index >= 15 is 0 Å². The molecule has 1 aliphatic heterocycles. The fraction of sp³-hybridized carbons (Fsp3) is 1.00. The lowest BCUT2D eigenvalue weighted by molar-refractivity contribution is 0.228. The van der Waals surface area contributed by atoms with Gasteiger partial charge in [-0.3, -0.25) is 0 Å². The first-order chi connectivity index (χ1) is 6.86. The van der Waals surface area contributed by atoms with Crippen molar-refractivity contribution in [2.45, 2.75) is 52.0 Å². The summed E-state index contributed by atoms with van der Waals surface area (Å²) >= 11 is 0. The summed E-state index contributed by atoms with van der Waals surface area (Å²) in [6, 6.07) is 0.763. The van der Waals surface area contributed by atoms with Gasteiger partial charge in [-0.05, 0) is 51.9 Å². The summed E-state index contributed by atoms with van der Waals surface area (Å²) in [5.41, 5.74) is 0. The van der Waals surface area contributed by atoms with Gasteiger partial charge in [0.25, 0.3) is 0 Å². The SMILES string of the molecule is CCCCN1CCCNC(CC)CC1. The van der Waals surface area contributed by atoms with Crippen LogP contribution in [0, 0.1) is 0 Å². The molecule has 0 bridgehead atoms. The van der Waals surface area contributed by atoms with Crippen LogP contribution in [0.5, 0.6) is 0 Å². The summed E-state index contributed by atoms with van der Waals surface area (Å²) in [6.07, 6.45) is 6.62. The number of rotatable bonds is 4. The van der Waals surface area contributed by atoms with Crippen LogP contribution in [0.3, 0.4) is 0 Å². The largest absolute Gasteiger partial charge is 0.314 e. The molecule has 0 spiro atoms. The zero-order chi connectivity index (χ0) is 10.2. The van der Waals surface area contributed by atoms with Gasteiger partial charge in [-0.2, -0.15) is 0 Å². The lowest BCUT2D eigenvalue weighted by atomic mass is 10.1. The van der Waals surface area contributed by atoms with Gasteiger partial charge in [0.1, 0.15) is 0 Å². The fourth-order valence-corrected chi connectivity index (χ4v) is 2.11. The van der Waals surface area contributed by atoms with Crippen molar-refractivity contribution in [1.82, 2.24) is 10.2 Å². The van der Waals surface area contributed by atoms with Gasteiger partial charge in [0.05, 0.1) is 0 Å². The van der Waals surface area contributed by atoms with E-state index < -0.39 is 0 Å². The zero-order valence-electron chi connectivity index (χ0n) is 9.89. The summed E-state index contributed by atoms with van der Waals surface area (Å²) in [4.78, 5) is 2.65. The molecule has 0 amide bonds. The minimum atomic E-state index is 0.763. The Balaban J connectivity index is 2.23. The van der Waals surface area contributed by atoms with E-state index in [1.54, 1.807) is 0 Å². The van der Waals surface area contributed by atoms with Crippen LogP contribution in [-0.4, -0.2) is 37.1 Å². The molecule has 0 radical (unpaired) electrons. The van der Waals surface area contributed by atoms with Crippen molar-refractivity contribution in [2.75, 3.05) is 26.2 Å². The van der Waals surface area contributed by atoms with Crippen LogP contribution in [0.25, 0.3) is 0 Å². The van der Waals surface area contributed by atoms with E-state index in [2.05, 4.69) is 24.1 Å². The van der Waals surface area contributed by atoms with Crippen molar-refractivity contribution in [3.8, 4) is 0 Å². The van der Waals surface area contributed by atoms with E-state index in [0.717, 1.165) is 6.04 Å². The molecule has 1 heterocycles. The highest BCUT2D eigenvalue weighted by molar-refractivity contribution is 4.72. The molecule has 1 fully saturated rings. The van der Waals surface area contributed by atoms with Gasteiger partial charge >= 0.3 is 0 Å². The molecule has 84 valence electrons. The molecule has 0 aliphatic carbocycles. The van der Waals surface area contributed by atoms with E-state index in [1.165, 1.54) is 58.3 Å². The molecule has 0 aromatic carbocycles. The molecular weight excluding hydrogens is 172 g/mol. The predicted molar refractivity (Wildman–Crippen MR) is 62.7 cm³/mol. The molecule has 0 saturated carbocycles. The third kappa shape index (κ3) is 4.43. The van der Waals surface area contributed by atoms with Gasteiger partial charge < -0.3 is 10.2 Å². The standard InChI is InChI=1S/C12H26N2/c1-3-5-9-14-10-6-8-13-12(4-2)7-11-14/h12-13H,3-11H2,1-2H3. The Bertz CT molecular complexity index is 134. The summed E-state index contributed by atoms with van der Waals surface area (Å²) in [5.74, 6) is 0. The number of hydrogen-bond donors (Lipinski definition) is 1. The molecule has 1 N–H and O–H groups in total. The Morgan fingerprint density at radius 2 is 2.14 bits per heavy atom. The van der Waals surface area contributed by atoms with Crippen LogP contribution in [0.1, 0.15) is 46.0 Å². The highest BCUT2D eigenvalue weighted by atomic mass is 15.1. The molecule has 2 nitrogen and oxygen atoms in total. The van der Waals surface area contributed by atoms with E-state index in [-0.39, 0.29) is 0 Å². The monoisotopic (exact) mass is 198 g/mol. The lowest BCUT2D eigenvalue weighted by Gasteiger charge is -2.28. The van der Waals surface area contributed by atoms with Gasteiger partial charge in [0, 0.05) is 6.04 Å². The van der Waals surface area contributed by atoms with E-state index in [9.17, 15) is 0 Å². The highest BCUT2D eigenvalue weighted by Crippen LogP contribution is 2.06. The lowest BCUT2D eigenvalue weighted by Crippen LogP contribution is -2.39. The Labute approximate surface area is 89.1 Å². The molecule has 0 aromatic heterocycles. The average Bonchev–Trinajstić information content (AvgIpc) is 2.17. The topological polar surface area (TPSA) is 15.3 Å². The van der Waals surface area contributed by atoms with Crippen molar-refractivity contribution in [3.63, 3.8) is 0 Å². The second-order valence-corrected chi connectivity index (χ2v) is 4.40. The summed E-state index contributed by atoms with van der Waals surface area (Å²) in [5, 5.41) is 3.62. The number of nitrogens with one attached hydrogen (secondary N) is 1. The molecule has 1 atom stereocenters. The quantitative estimate of drug-likeness (QED) is 0.745. The normalized spacial score (nSPS) is 25.7. The zero-order valence-corrected chi connectivity index (χ0v) is 9.89. The molecule has 0 aromatic rings. The molecule has 1 aliphatic rings. The smallest absolute Gasteiger partial charge is 0.00766 e. The molecule has 1 saturated heterocycles. The Kier molecular flexibility index (Phi) is 6.20. The molecule has 1 unspecified atom stereocenters. The van der Waals surface area contributed by atoms with Crippen LogP contribution in [0.4, 0.5) is 0 Å². The molecule has 1 rings (SSSR count). The van der Waals surface area contributed by atoms with Gasteiger partial charge in [-0.25, -0.2) is 0 Å². The Hall–Kier alpha value is -0.0800. The number of hydrogen-bond acceptors (Lipinski definition) is 2.